The van der Waals surface area contributed by atoms with E-state index in [2.05, 4.69) is 148 Å². The Morgan fingerprint density at radius 1 is 0.479 bits per heavy atom. The molecule has 0 saturated carbocycles. The average Bonchev–Trinajstić information content (AvgIpc) is 1.61. The predicted octanol–water partition coefficient (Wildman–Crippen LogP) is 11.8. The maximum atomic E-state index is 14.3. The zero-order valence-electron chi connectivity index (χ0n) is 54.0. The third kappa shape index (κ3) is 14.7. The largest absolute Gasteiger partial charge is 1.00 e. The number of hydrogen-bond acceptors (Lipinski definition) is 10. The summed E-state index contributed by atoms with van der Waals surface area (Å²) in [6, 6.07) is 76.2. The molecule has 0 fully saturated rings. The minimum Gasteiger partial charge on any atom is -1.00 e. The normalized spacial score (nSPS) is 11.1. The standard InChI is InChI=1S/C55H43N7.C21H13F2N3.CH2O3.2Cs.H/c1-54(2,3)37-19-24-46-43(30-37)44-31-39(57-7)21-26-47(44)61(46)40-22-27-50(62-48-23-18-34(33-56)28-41(48)42-29-38(55(4,5)6)20-25-49(42)62)45(32-40)53-59-51(35-14-10-8-11-15-35)58-52(60-53)36-16-12-9-13-17-36;22-16-11-12-18(23)17(13-16)21-25-19(14-7-3-1-4-8-14)24-20(26-21)15-9-5-2-6-10-15;2-1-4-3;;;/h8-32H,1-6H3;1-13H;1,3H;;;/q;;;2*+1;-1/p-1. The van der Waals surface area contributed by atoms with E-state index in [1.807, 2.05) is 146 Å². The first-order valence-corrected chi connectivity index (χ1v) is 29.5. The van der Waals surface area contributed by atoms with Crippen molar-refractivity contribution in [2.24, 2.45) is 0 Å². The van der Waals surface area contributed by atoms with Gasteiger partial charge in [-0.2, -0.15) is 5.26 Å². The van der Waals surface area contributed by atoms with E-state index in [1.54, 1.807) is 0 Å². The van der Waals surface area contributed by atoms with Crippen molar-refractivity contribution in [1.29, 1.82) is 5.26 Å². The van der Waals surface area contributed by atoms with Crippen LogP contribution in [0.1, 0.15) is 59.7 Å². The molecule has 4 aromatic heterocycles. The summed E-state index contributed by atoms with van der Waals surface area (Å²) in [7, 11) is 0. The van der Waals surface area contributed by atoms with E-state index in [4.69, 9.17) is 31.6 Å². The molecule has 14 rings (SSSR count). The molecule has 0 aliphatic heterocycles. The van der Waals surface area contributed by atoms with Crippen LogP contribution >= 0.6 is 0 Å². The molecule has 14 aromatic rings. The Morgan fingerprint density at radius 2 is 0.872 bits per heavy atom. The summed E-state index contributed by atoms with van der Waals surface area (Å²) in [4.78, 5) is 44.0. The number of benzene rings is 10. The van der Waals surface area contributed by atoms with E-state index >= 15 is 0 Å². The summed E-state index contributed by atoms with van der Waals surface area (Å²) >= 11 is 0. The van der Waals surface area contributed by atoms with Crippen molar-refractivity contribution in [1.82, 2.24) is 39.0 Å². The molecule has 0 aliphatic carbocycles. The van der Waals surface area contributed by atoms with E-state index in [9.17, 15) is 14.0 Å². The Bertz CT molecular complexity index is 5090. The molecule has 0 unspecified atom stereocenters. The number of carbonyl (C=O) groups is 1. The Kier molecular flexibility index (Phi) is 21.9. The predicted molar refractivity (Wildman–Crippen MR) is 358 cm³/mol. The zero-order valence-corrected chi connectivity index (χ0v) is 65.5. The number of nitrogens with zero attached hydrogens (tertiary/aromatic N) is 10. The Morgan fingerprint density at radius 3 is 1.30 bits per heavy atom. The molecule has 0 bridgehead atoms. The molecule has 17 heteroatoms. The van der Waals surface area contributed by atoms with Crippen LogP contribution in [0.3, 0.4) is 0 Å². The second kappa shape index (κ2) is 29.9. The molecule has 4 heterocycles. The van der Waals surface area contributed by atoms with E-state index in [0.29, 0.717) is 40.4 Å². The number of halogens is 2. The van der Waals surface area contributed by atoms with Gasteiger partial charge in [0.05, 0.1) is 51.5 Å². The Hall–Kier alpha value is -7.81. The van der Waals surface area contributed by atoms with Crippen molar-refractivity contribution in [2.75, 3.05) is 0 Å². The molecular weight excluding hydrogens is 1420 g/mol. The monoisotopic (exact) mass is 1470 g/mol. The van der Waals surface area contributed by atoms with E-state index < -0.39 is 11.6 Å². The quantitative estimate of drug-likeness (QED) is 0.0588. The first-order valence-electron chi connectivity index (χ1n) is 29.5. The number of nitriles is 1. The fraction of sp³-hybridized carbons (Fsp3) is 0.104. The smallest absolute Gasteiger partial charge is 1.00 e. The molecule has 0 N–H and O–H groups in total. The average molecular weight is 1480 g/mol. The van der Waals surface area contributed by atoms with Crippen molar-refractivity contribution in [3.05, 3.63) is 270 Å². The van der Waals surface area contributed by atoms with Crippen molar-refractivity contribution in [3.8, 4) is 85.8 Å². The van der Waals surface area contributed by atoms with Crippen molar-refractivity contribution in [2.45, 2.75) is 52.4 Å². The van der Waals surface area contributed by atoms with Gasteiger partial charge in [-0.25, -0.2) is 43.5 Å². The van der Waals surface area contributed by atoms with Gasteiger partial charge < -0.3 is 20.7 Å². The van der Waals surface area contributed by atoms with Gasteiger partial charge in [0.2, 0.25) is 0 Å². The van der Waals surface area contributed by atoms with Crippen molar-refractivity contribution >= 4 is 55.8 Å². The van der Waals surface area contributed by atoms with Gasteiger partial charge >= 0.3 is 138 Å². The number of hydrogen-bond donors (Lipinski definition) is 0. The summed E-state index contributed by atoms with van der Waals surface area (Å²) in [5.41, 5.74) is 13.4. The van der Waals surface area contributed by atoms with E-state index in [0.717, 1.165) is 101 Å². The van der Waals surface area contributed by atoms with Gasteiger partial charge in [-0.05, 0) is 118 Å². The van der Waals surface area contributed by atoms with Crippen LogP contribution < -0.4 is 143 Å². The van der Waals surface area contributed by atoms with Gasteiger partial charge in [0.25, 0.3) is 6.47 Å². The van der Waals surface area contributed by atoms with Gasteiger partial charge in [0.1, 0.15) is 11.6 Å². The Balaban J connectivity index is 0.000000268. The third-order valence-electron chi connectivity index (χ3n) is 15.8. The third-order valence-corrected chi connectivity index (χ3v) is 15.8. The zero-order chi connectivity index (χ0) is 64.3. The minimum absolute atomic E-state index is 0. The van der Waals surface area contributed by atoms with Crippen LogP contribution in [0.5, 0.6) is 0 Å². The minimum atomic E-state index is -0.587. The molecule has 0 atom stereocenters. The molecule has 0 radical (unpaired) electrons. The number of aromatic nitrogens is 8. The van der Waals surface area contributed by atoms with E-state index in [-0.39, 0.29) is 168 Å². The van der Waals surface area contributed by atoms with Crippen LogP contribution in [0.15, 0.2) is 231 Å². The molecule has 0 spiro atoms. The SMILES string of the molecule is Fc1ccc(F)c(-c2nc(-c3ccccc3)nc(-c3ccccc3)n2)c1.O=CO[O-].[C-]#[N+]c1ccc2c(c1)c1cc(C(C)(C)C)ccc1n2-c1ccc(-n2c3ccc(C#N)cc3c3cc(C(C)(C)C)ccc32)c(-c2nc(-c3ccccc3)nc(-c3ccccc3)n2)c1.[Cs+].[Cs+].[H-]. The van der Waals surface area contributed by atoms with Gasteiger partial charge in [0, 0.05) is 49.7 Å². The van der Waals surface area contributed by atoms with Gasteiger partial charge in [0.15, 0.2) is 40.6 Å². The van der Waals surface area contributed by atoms with Gasteiger partial charge in [-0.15, -0.1) is 0 Å². The molecule has 10 aromatic carbocycles. The number of rotatable bonds is 9. The maximum absolute atomic E-state index is 14.3. The van der Waals surface area contributed by atoms with Crippen LogP contribution in [-0.2, 0) is 20.5 Å². The fourth-order valence-electron chi connectivity index (χ4n) is 11.2. The van der Waals surface area contributed by atoms with E-state index in [1.165, 1.54) is 11.1 Å². The van der Waals surface area contributed by atoms with Crippen LogP contribution in [-0.4, -0.2) is 45.5 Å². The first-order chi connectivity index (χ1) is 44.5. The summed E-state index contributed by atoms with van der Waals surface area (Å²) in [5.74, 6) is 1.42. The van der Waals surface area contributed by atoms with Crippen molar-refractivity contribution < 1.29 is 163 Å². The number of carbonyl (C=O) groups excluding carboxylic acids is 1. The molecule has 450 valence electrons. The summed E-state index contributed by atoms with van der Waals surface area (Å²) in [5, 5.41) is 22.7. The molecule has 0 amide bonds. The topological polar surface area (TPSA) is 165 Å². The summed E-state index contributed by atoms with van der Waals surface area (Å²) in [6.07, 6.45) is 0. The summed E-state index contributed by atoms with van der Waals surface area (Å²) < 4.78 is 32.5. The summed E-state index contributed by atoms with van der Waals surface area (Å²) in [6.45, 7) is 21.0. The second-order valence-corrected chi connectivity index (χ2v) is 23.9. The number of fused-ring (bicyclic) bond motifs is 6. The van der Waals surface area contributed by atoms with Crippen molar-refractivity contribution in [3.63, 3.8) is 0 Å². The molecule has 0 saturated heterocycles. The first kappa shape index (κ1) is 69.0. The van der Waals surface area contributed by atoms with Gasteiger partial charge in [-0.1, -0.05) is 181 Å². The van der Waals surface area contributed by atoms with Crippen LogP contribution in [0.2, 0.25) is 0 Å². The maximum Gasteiger partial charge on any atom is 1.00 e. The molecule has 0 aliphatic rings. The van der Waals surface area contributed by atoms with Crippen LogP contribution in [0, 0.1) is 29.5 Å². The van der Waals surface area contributed by atoms with Crippen LogP contribution in [0.25, 0.3) is 128 Å². The Labute approximate surface area is 661 Å². The molecule has 94 heavy (non-hydrogen) atoms. The second-order valence-electron chi connectivity index (χ2n) is 23.9. The molecule has 13 nitrogen and oxygen atoms in total. The van der Waals surface area contributed by atoms with Crippen LogP contribution in [0.4, 0.5) is 14.5 Å². The molecular formula is C77H58Cs2F2N10O3. The van der Waals surface area contributed by atoms with Gasteiger partial charge in [-0.3, -0.25) is 4.79 Å². The fourth-order valence-corrected chi connectivity index (χ4v) is 11.2.